The van der Waals surface area contributed by atoms with Crippen LogP contribution in [0.3, 0.4) is 0 Å². The first-order valence-electron chi connectivity index (χ1n) is 9.39. The van der Waals surface area contributed by atoms with Crippen LogP contribution in [-0.4, -0.2) is 25.0 Å². The van der Waals surface area contributed by atoms with Crippen molar-refractivity contribution in [3.63, 3.8) is 0 Å². The summed E-state index contributed by atoms with van der Waals surface area (Å²) in [5, 5.41) is 0. The highest BCUT2D eigenvalue weighted by molar-refractivity contribution is 5.98. The number of hydrogen-bond acceptors (Lipinski definition) is 4. The van der Waals surface area contributed by atoms with Gasteiger partial charge in [0.1, 0.15) is 0 Å². The third kappa shape index (κ3) is 4.28. The molecular weight excluding hydrogens is 390 g/mol. The first-order valence-corrected chi connectivity index (χ1v) is 9.39. The molecule has 3 aromatic rings. The summed E-state index contributed by atoms with van der Waals surface area (Å²) in [4.78, 5) is 25.6. The van der Waals surface area contributed by atoms with Crippen LogP contribution in [0.4, 0.5) is 8.78 Å². The van der Waals surface area contributed by atoms with Crippen molar-refractivity contribution in [2.24, 2.45) is 0 Å². The maximum atomic E-state index is 13.4. The first kappa shape index (κ1) is 21.3. The molecule has 0 spiro atoms. The number of ketones is 1. The van der Waals surface area contributed by atoms with Crippen molar-refractivity contribution < 1.29 is 27.8 Å². The summed E-state index contributed by atoms with van der Waals surface area (Å²) < 4.78 is 37.8. The standard InChI is InChI=1S/C24H20F2O4/c1-2-30-24(18-9-5-3-6-10-18,19-11-7-4-8-12-19)23(28)29-16-22(27)17-13-14-20(25)21(26)15-17/h3-15H,2,16H2,1H3. The SMILES string of the molecule is CCOC(C(=O)OCC(=O)c1ccc(F)c(F)c1)(c1ccccc1)c1ccccc1. The Labute approximate surface area is 173 Å². The lowest BCUT2D eigenvalue weighted by atomic mass is 9.86. The van der Waals surface area contributed by atoms with Crippen molar-refractivity contribution in [1.82, 2.24) is 0 Å². The normalized spacial score (nSPS) is 11.2. The van der Waals surface area contributed by atoms with Crippen LogP contribution in [-0.2, 0) is 19.9 Å². The van der Waals surface area contributed by atoms with E-state index in [2.05, 4.69) is 0 Å². The molecule has 6 heteroatoms. The minimum Gasteiger partial charge on any atom is -0.455 e. The first-order chi connectivity index (χ1) is 14.5. The Morgan fingerprint density at radius 3 is 1.90 bits per heavy atom. The Hall–Kier alpha value is -3.38. The van der Waals surface area contributed by atoms with Crippen LogP contribution >= 0.6 is 0 Å². The van der Waals surface area contributed by atoms with Gasteiger partial charge in [-0.25, -0.2) is 13.6 Å². The van der Waals surface area contributed by atoms with E-state index < -0.39 is 35.6 Å². The van der Waals surface area contributed by atoms with Crippen molar-refractivity contribution in [3.05, 3.63) is 107 Å². The molecule has 0 aromatic heterocycles. The fourth-order valence-corrected chi connectivity index (χ4v) is 3.18. The molecule has 154 valence electrons. The highest BCUT2D eigenvalue weighted by Crippen LogP contribution is 2.35. The average Bonchev–Trinajstić information content (AvgIpc) is 2.78. The number of ether oxygens (including phenoxy) is 2. The van der Waals surface area contributed by atoms with E-state index in [-0.39, 0.29) is 12.2 Å². The van der Waals surface area contributed by atoms with Gasteiger partial charge in [0.2, 0.25) is 5.60 Å². The van der Waals surface area contributed by atoms with Crippen molar-refractivity contribution in [1.29, 1.82) is 0 Å². The van der Waals surface area contributed by atoms with E-state index >= 15 is 0 Å². The molecule has 3 rings (SSSR count). The molecule has 0 saturated heterocycles. The summed E-state index contributed by atoms with van der Waals surface area (Å²) >= 11 is 0. The zero-order valence-electron chi connectivity index (χ0n) is 16.3. The summed E-state index contributed by atoms with van der Waals surface area (Å²) in [6.45, 7) is 1.31. The Bertz CT molecular complexity index is 980. The maximum Gasteiger partial charge on any atom is 0.348 e. The van der Waals surface area contributed by atoms with E-state index in [4.69, 9.17) is 9.47 Å². The van der Waals surface area contributed by atoms with Gasteiger partial charge in [-0.1, -0.05) is 60.7 Å². The van der Waals surface area contributed by atoms with Gasteiger partial charge in [0, 0.05) is 12.2 Å². The molecule has 0 fully saturated rings. The number of esters is 1. The molecule has 0 heterocycles. The van der Waals surface area contributed by atoms with Gasteiger partial charge in [-0.15, -0.1) is 0 Å². The molecule has 0 atom stereocenters. The minimum atomic E-state index is -1.58. The molecule has 0 unspecified atom stereocenters. The summed E-state index contributed by atoms with van der Waals surface area (Å²) in [5.41, 5.74) is -0.583. The van der Waals surface area contributed by atoms with Crippen molar-refractivity contribution in [2.75, 3.05) is 13.2 Å². The molecule has 0 aliphatic heterocycles. The van der Waals surface area contributed by atoms with Crippen molar-refractivity contribution in [3.8, 4) is 0 Å². The number of rotatable bonds is 8. The van der Waals surface area contributed by atoms with Gasteiger partial charge in [-0.05, 0) is 36.2 Å². The third-order valence-electron chi connectivity index (χ3n) is 4.58. The van der Waals surface area contributed by atoms with Gasteiger partial charge in [0.25, 0.3) is 0 Å². The molecule has 0 amide bonds. The van der Waals surface area contributed by atoms with Gasteiger partial charge in [0.15, 0.2) is 24.0 Å². The van der Waals surface area contributed by atoms with Gasteiger partial charge in [0.05, 0.1) is 0 Å². The van der Waals surface area contributed by atoms with Crippen LogP contribution < -0.4 is 0 Å². The predicted octanol–water partition coefficient (Wildman–Crippen LogP) is 4.67. The van der Waals surface area contributed by atoms with Crippen LogP contribution in [0.1, 0.15) is 28.4 Å². The molecule has 0 radical (unpaired) electrons. The predicted molar refractivity (Wildman–Crippen MR) is 107 cm³/mol. The zero-order chi connectivity index (χ0) is 21.6. The van der Waals surface area contributed by atoms with Gasteiger partial charge in [-0.2, -0.15) is 0 Å². The van der Waals surface area contributed by atoms with Gasteiger partial charge < -0.3 is 9.47 Å². The molecule has 30 heavy (non-hydrogen) atoms. The number of halogens is 2. The molecular formula is C24H20F2O4. The number of hydrogen-bond donors (Lipinski definition) is 0. The molecule has 0 N–H and O–H groups in total. The summed E-state index contributed by atoms with van der Waals surface area (Å²) in [5.74, 6) is -3.65. The van der Waals surface area contributed by atoms with Gasteiger partial charge >= 0.3 is 5.97 Å². The quantitative estimate of drug-likeness (QED) is 0.400. The fraction of sp³-hybridized carbons (Fsp3) is 0.167. The molecule has 0 aliphatic rings. The van der Waals surface area contributed by atoms with E-state index in [0.717, 1.165) is 18.2 Å². The monoisotopic (exact) mass is 410 g/mol. The van der Waals surface area contributed by atoms with Crippen LogP contribution in [0.25, 0.3) is 0 Å². The number of carbonyl (C=O) groups is 2. The average molecular weight is 410 g/mol. The third-order valence-corrected chi connectivity index (χ3v) is 4.58. The van der Waals surface area contributed by atoms with E-state index in [1.54, 1.807) is 55.5 Å². The lowest BCUT2D eigenvalue weighted by molar-refractivity contribution is -0.167. The Morgan fingerprint density at radius 2 is 1.40 bits per heavy atom. The number of Topliss-reactive ketones (excluding diaryl/α,β-unsaturated/α-hetero) is 1. The van der Waals surface area contributed by atoms with Crippen LogP contribution in [0.15, 0.2) is 78.9 Å². The second-order valence-corrected chi connectivity index (χ2v) is 6.47. The van der Waals surface area contributed by atoms with Crippen LogP contribution in [0, 0.1) is 11.6 Å². The molecule has 0 bridgehead atoms. The second kappa shape index (κ2) is 9.41. The Balaban J connectivity index is 1.92. The number of carbonyl (C=O) groups excluding carboxylic acids is 2. The minimum absolute atomic E-state index is 0.0943. The largest absolute Gasteiger partial charge is 0.455 e. The van der Waals surface area contributed by atoms with Crippen molar-refractivity contribution >= 4 is 11.8 Å². The Morgan fingerprint density at radius 1 is 0.833 bits per heavy atom. The Kier molecular flexibility index (Phi) is 6.69. The second-order valence-electron chi connectivity index (χ2n) is 6.47. The molecule has 0 aliphatic carbocycles. The maximum absolute atomic E-state index is 13.4. The summed E-state index contributed by atoms with van der Waals surface area (Å²) in [6.07, 6.45) is 0. The zero-order valence-corrected chi connectivity index (χ0v) is 16.3. The lowest BCUT2D eigenvalue weighted by Crippen LogP contribution is -2.42. The highest BCUT2D eigenvalue weighted by atomic mass is 19.2. The fourth-order valence-electron chi connectivity index (χ4n) is 3.18. The summed E-state index contributed by atoms with van der Waals surface area (Å²) in [6, 6.07) is 20.4. The van der Waals surface area contributed by atoms with Gasteiger partial charge in [-0.3, -0.25) is 4.79 Å². The van der Waals surface area contributed by atoms with Crippen LogP contribution in [0.2, 0.25) is 0 Å². The molecule has 0 saturated carbocycles. The van der Waals surface area contributed by atoms with E-state index in [1.165, 1.54) is 0 Å². The van der Waals surface area contributed by atoms with Crippen molar-refractivity contribution in [2.45, 2.75) is 12.5 Å². The highest BCUT2D eigenvalue weighted by Gasteiger charge is 2.45. The van der Waals surface area contributed by atoms with Crippen LogP contribution in [0.5, 0.6) is 0 Å². The van der Waals surface area contributed by atoms with E-state index in [9.17, 15) is 18.4 Å². The van der Waals surface area contributed by atoms with E-state index in [0.29, 0.717) is 11.1 Å². The topological polar surface area (TPSA) is 52.6 Å². The molecule has 3 aromatic carbocycles. The van der Waals surface area contributed by atoms with E-state index in [1.807, 2.05) is 12.1 Å². The number of benzene rings is 3. The summed E-state index contributed by atoms with van der Waals surface area (Å²) in [7, 11) is 0. The smallest absolute Gasteiger partial charge is 0.348 e. The lowest BCUT2D eigenvalue weighted by Gasteiger charge is -2.32. The molecule has 4 nitrogen and oxygen atoms in total.